The van der Waals surface area contributed by atoms with E-state index in [-0.39, 0.29) is 17.5 Å². The molecule has 0 saturated heterocycles. The van der Waals surface area contributed by atoms with Crippen LogP contribution in [0.2, 0.25) is 5.02 Å². The van der Waals surface area contributed by atoms with Gasteiger partial charge in [0.2, 0.25) is 15.9 Å². The normalized spacial score (nSPS) is 12.2. The first-order valence-corrected chi connectivity index (χ1v) is 9.95. The zero-order valence-corrected chi connectivity index (χ0v) is 16.1. The number of sulfonamides is 1. The van der Waals surface area contributed by atoms with Gasteiger partial charge in [-0.2, -0.15) is 13.2 Å². The molecule has 2 aromatic carbocycles. The van der Waals surface area contributed by atoms with E-state index in [0.717, 1.165) is 24.4 Å². The number of fused-ring (bicyclic) bond motifs is 1. The van der Waals surface area contributed by atoms with Gasteiger partial charge in [0.1, 0.15) is 0 Å². The summed E-state index contributed by atoms with van der Waals surface area (Å²) in [5.41, 5.74) is -0.962. The minimum atomic E-state index is -4.84. The average molecular weight is 444 g/mol. The third-order valence-electron chi connectivity index (χ3n) is 4.01. The Morgan fingerprint density at radius 3 is 2.45 bits per heavy atom. The molecule has 0 atom stereocenters. The second-order valence-corrected chi connectivity index (χ2v) is 8.03. The molecule has 0 spiro atoms. The molecule has 3 N–H and O–H groups in total. The Morgan fingerprint density at radius 2 is 1.83 bits per heavy atom. The summed E-state index contributed by atoms with van der Waals surface area (Å²) in [6, 6.07) is 9.67. The van der Waals surface area contributed by atoms with Crippen LogP contribution < -0.4 is 10.5 Å². The summed E-state index contributed by atoms with van der Waals surface area (Å²) in [7, 11) is -4.38. The predicted octanol–water partition coefficient (Wildman–Crippen LogP) is 3.74. The van der Waals surface area contributed by atoms with Gasteiger partial charge in [-0.05, 0) is 29.8 Å². The van der Waals surface area contributed by atoms with Gasteiger partial charge in [-0.25, -0.2) is 13.6 Å². The highest BCUT2D eigenvalue weighted by Crippen LogP contribution is 2.36. The Bertz CT molecular complexity index is 1210. The molecule has 1 aromatic heterocycles. The summed E-state index contributed by atoms with van der Waals surface area (Å²) in [6.07, 6.45) is -4.16. The molecule has 0 saturated carbocycles. The zero-order chi connectivity index (χ0) is 21.4. The number of pyridine rings is 1. The Balaban J connectivity index is 2.08. The molecule has 0 radical (unpaired) electrons. The number of nitrogens with one attached hydrogen (secondary N) is 1. The third-order valence-corrected chi connectivity index (χ3v) is 5.33. The third kappa shape index (κ3) is 4.66. The molecule has 0 unspecified atom stereocenters. The fraction of sp³-hybridized carbons (Fsp3) is 0.111. The summed E-state index contributed by atoms with van der Waals surface area (Å²) >= 11 is 6.00. The topological polar surface area (TPSA) is 102 Å². The minimum absolute atomic E-state index is 0.165. The van der Waals surface area contributed by atoms with Crippen LogP contribution in [0.25, 0.3) is 10.8 Å². The number of amides is 1. The van der Waals surface area contributed by atoms with Gasteiger partial charge in [-0.3, -0.25) is 9.78 Å². The summed E-state index contributed by atoms with van der Waals surface area (Å²) < 4.78 is 63.8. The average Bonchev–Trinajstić information content (AvgIpc) is 2.61. The number of halogens is 4. The molecule has 11 heteroatoms. The second-order valence-electron chi connectivity index (χ2n) is 6.09. The fourth-order valence-corrected chi connectivity index (χ4v) is 3.78. The number of primary sulfonamides is 1. The molecule has 29 heavy (non-hydrogen) atoms. The molecular weight excluding hydrogens is 431 g/mol. The molecule has 152 valence electrons. The van der Waals surface area contributed by atoms with Crippen molar-refractivity contribution in [3.05, 3.63) is 64.9 Å². The van der Waals surface area contributed by atoms with Crippen molar-refractivity contribution in [2.45, 2.75) is 17.5 Å². The molecule has 3 aromatic rings. The van der Waals surface area contributed by atoms with Crippen molar-refractivity contribution in [2.75, 3.05) is 5.32 Å². The van der Waals surface area contributed by atoms with Crippen LogP contribution in [0.4, 0.5) is 18.9 Å². The van der Waals surface area contributed by atoms with Gasteiger partial charge in [0.15, 0.2) is 5.69 Å². The number of nitrogens with zero attached hydrogens (tertiary/aromatic N) is 1. The first-order chi connectivity index (χ1) is 13.5. The SMILES string of the molecule is NS(=O)(=O)c1cc(NC(=O)Cc2ccccc2Cl)cc2c(C(F)(F)F)nccc12. The Hall–Kier alpha value is -2.69. The van der Waals surface area contributed by atoms with Crippen LogP contribution in [-0.4, -0.2) is 19.3 Å². The number of carbonyl (C=O) groups is 1. The molecule has 6 nitrogen and oxygen atoms in total. The van der Waals surface area contributed by atoms with Crippen molar-refractivity contribution in [2.24, 2.45) is 5.14 Å². The molecular formula is C18H13ClF3N3O3S. The molecule has 0 aliphatic heterocycles. The number of aromatic nitrogens is 1. The van der Waals surface area contributed by atoms with Crippen molar-refractivity contribution in [1.29, 1.82) is 0 Å². The lowest BCUT2D eigenvalue weighted by Gasteiger charge is -2.14. The van der Waals surface area contributed by atoms with E-state index in [2.05, 4.69) is 10.3 Å². The van der Waals surface area contributed by atoms with Gasteiger partial charge >= 0.3 is 6.18 Å². The number of anilines is 1. The van der Waals surface area contributed by atoms with Gasteiger partial charge < -0.3 is 5.32 Å². The van der Waals surface area contributed by atoms with Crippen LogP contribution in [0, 0.1) is 0 Å². The van der Waals surface area contributed by atoms with E-state index in [1.807, 2.05) is 0 Å². The van der Waals surface area contributed by atoms with E-state index in [1.54, 1.807) is 24.3 Å². The molecule has 3 rings (SSSR count). The number of benzene rings is 2. The van der Waals surface area contributed by atoms with Crippen LogP contribution in [0.5, 0.6) is 0 Å². The lowest BCUT2D eigenvalue weighted by molar-refractivity contribution is -0.139. The van der Waals surface area contributed by atoms with Crippen molar-refractivity contribution < 1.29 is 26.4 Å². The summed E-state index contributed by atoms with van der Waals surface area (Å²) in [5, 5.41) is 7.14. The van der Waals surface area contributed by atoms with E-state index in [0.29, 0.717) is 10.6 Å². The first-order valence-electron chi connectivity index (χ1n) is 8.03. The highest BCUT2D eigenvalue weighted by molar-refractivity contribution is 7.89. The van der Waals surface area contributed by atoms with Gasteiger partial charge in [-0.1, -0.05) is 29.8 Å². The van der Waals surface area contributed by atoms with E-state index in [9.17, 15) is 26.4 Å². The molecule has 0 aliphatic rings. The van der Waals surface area contributed by atoms with Crippen molar-refractivity contribution >= 4 is 44.0 Å². The number of rotatable bonds is 4. The highest BCUT2D eigenvalue weighted by Gasteiger charge is 2.35. The van der Waals surface area contributed by atoms with Crippen molar-refractivity contribution in [1.82, 2.24) is 4.98 Å². The smallest absolute Gasteiger partial charge is 0.326 e. The van der Waals surface area contributed by atoms with Crippen LogP contribution in [0.3, 0.4) is 0 Å². The van der Waals surface area contributed by atoms with E-state index in [4.69, 9.17) is 16.7 Å². The van der Waals surface area contributed by atoms with Gasteiger partial charge in [0.05, 0.1) is 11.3 Å². The van der Waals surface area contributed by atoms with E-state index >= 15 is 0 Å². The lowest BCUT2D eigenvalue weighted by Crippen LogP contribution is -2.18. The van der Waals surface area contributed by atoms with E-state index in [1.165, 1.54) is 0 Å². The number of hydrogen-bond donors (Lipinski definition) is 2. The first kappa shape index (κ1) is 21.0. The Kier molecular flexibility index (Phi) is 5.52. The minimum Gasteiger partial charge on any atom is -0.326 e. The molecule has 0 bridgehead atoms. The Labute approximate surface area is 168 Å². The zero-order valence-electron chi connectivity index (χ0n) is 14.5. The maximum Gasteiger partial charge on any atom is 0.433 e. The fourth-order valence-electron chi connectivity index (χ4n) is 2.80. The maximum absolute atomic E-state index is 13.3. The summed E-state index contributed by atoms with van der Waals surface area (Å²) in [4.78, 5) is 15.1. The van der Waals surface area contributed by atoms with Gasteiger partial charge in [-0.15, -0.1) is 0 Å². The molecule has 0 aliphatic carbocycles. The number of hydrogen-bond acceptors (Lipinski definition) is 4. The Morgan fingerprint density at radius 1 is 1.14 bits per heavy atom. The highest BCUT2D eigenvalue weighted by atomic mass is 35.5. The largest absolute Gasteiger partial charge is 0.433 e. The monoisotopic (exact) mass is 443 g/mol. The van der Waals surface area contributed by atoms with Gasteiger partial charge in [0.25, 0.3) is 0 Å². The van der Waals surface area contributed by atoms with Crippen LogP contribution in [0.1, 0.15) is 11.3 Å². The molecule has 1 heterocycles. The predicted molar refractivity (Wildman–Crippen MR) is 102 cm³/mol. The van der Waals surface area contributed by atoms with Crippen molar-refractivity contribution in [3.8, 4) is 0 Å². The lowest BCUT2D eigenvalue weighted by atomic mass is 10.1. The number of alkyl halides is 3. The van der Waals surface area contributed by atoms with E-state index < -0.39 is 38.1 Å². The summed E-state index contributed by atoms with van der Waals surface area (Å²) in [6.45, 7) is 0. The van der Waals surface area contributed by atoms with Crippen LogP contribution >= 0.6 is 11.6 Å². The molecule has 1 amide bonds. The quantitative estimate of drug-likeness (QED) is 0.641. The number of nitrogens with two attached hydrogens (primary N) is 1. The standard InChI is InChI=1S/C18H13ClF3N3O3S/c19-14-4-2-1-3-10(14)7-16(26)25-11-8-13-12(15(9-11)29(23,27)28)5-6-24-17(13)18(20,21)22/h1-6,8-9H,7H2,(H,25,26)(H2,23,27,28). The maximum atomic E-state index is 13.3. The number of carbonyl (C=O) groups excluding carboxylic acids is 1. The summed E-state index contributed by atoms with van der Waals surface area (Å²) in [5.74, 6) is -0.602. The van der Waals surface area contributed by atoms with Crippen LogP contribution in [-0.2, 0) is 27.4 Å². The van der Waals surface area contributed by atoms with Crippen LogP contribution in [0.15, 0.2) is 53.6 Å². The molecule has 0 fully saturated rings. The van der Waals surface area contributed by atoms with Crippen molar-refractivity contribution in [3.63, 3.8) is 0 Å². The van der Waals surface area contributed by atoms with Gasteiger partial charge in [0, 0.05) is 27.7 Å². The second kappa shape index (κ2) is 7.62.